The van der Waals surface area contributed by atoms with Crippen LogP contribution in [0.4, 0.5) is 4.39 Å². The third-order valence-corrected chi connectivity index (χ3v) is 3.26. The van der Waals surface area contributed by atoms with Gasteiger partial charge >= 0.3 is 0 Å². The van der Waals surface area contributed by atoms with Crippen LogP contribution in [0.5, 0.6) is 11.5 Å². The van der Waals surface area contributed by atoms with Gasteiger partial charge in [-0.05, 0) is 43.3 Å². The lowest BCUT2D eigenvalue weighted by atomic mass is 10.1. The number of Topliss-reactive ketones (excluding diaryl/α,β-unsaturated/α-hetero) is 1. The number of ketones is 1. The maximum Gasteiger partial charge on any atom is 0.166 e. The van der Waals surface area contributed by atoms with Crippen LogP contribution in [-0.4, -0.2) is 5.78 Å². The van der Waals surface area contributed by atoms with Crippen LogP contribution in [0, 0.1) is 5.82 Å². The molecule has 0 atom stereocenters. The standard InChI is InChI=1S/C14H9BrClFO2/c1-8(18)9-2-5-13(12(17)6-9)19-14-7-10(15)3-4-11(14)16/h2-7H,1H3. The minimum atomic E-state index is -0.608. The molecule has 0 heterocycles. The van der Waals surface area contributed by atoms with Crippen LogP contribution in [0.3, 0.4) is 0 Å². The Balaban J connectivity index is 2.33. The van der Waals surface area contributed by atoms with Gasteiger partial charge in [0.25, 0.3) is 0 Å². The Morgan fingerprint density at radius 3 is 2.58 bits per heavy atom. The van der Waals surface area contributed by atoms with E-state index in [1.165, 1.54) is 19.1 Å². The van der Waals surface area contributed by atoms with E-state index in [0.29, 0.717) is 16.3 Å². The summed E-state index contributed by atoms with van der Waals surface area (Å²) in [5.41, 5.74) is 0.296. The van der Waals surface area contributed by atoms with E-state index in [-0.39, 0.29) is 11.5 Å². The number of hydrogen-bond donors (Lipinski definition) is 0. The second-order valence-electron chi connectivity index (χ2n) is 3.88. The van der Waals surface area contributed by atoms with Crippen LogP contribution >= 0.6 is 27.5 Å². The van der Waals surface area contributed by atoms with Gasteiger partial charge in [0.15, 0.2) is 17.3 Å². The Hall–Kier alpha value is -1.39. The highest BCUT2D eigenvalue weighted by molar-refractivity contribution is 9.10. The molecule has 0 aromatic heterocycles. The van der Waals surface area contributed by atoms with Gasteiger partial charge in [-0.1, -0.05) is 27.5 Å². The predicted octanol–water partition coefficient (Wildman–Crippen LogP) is 5.24. The molecule has 2 nitrogen and oxygen atoms in total. The fraction of sp³-hybridized carbons (Fsp3) is 0.0714. The fourth-order valence-corrected chi connectivity index (χ4v) is 1.97. The van der Waals surface area contributed by atoms with E-state index >= 15 is 0 Å². The van der Waals surface area contributed by atoms with E-state index in [0.717, 1.165) is 10.5 Å². The molecular formula is C14H9BrClFO2. The summed E-state index contributed by atoms with van der Waals surface area (Å²) in [4.78, 5) is 11.1. The van der Waals surface area contributed by atoms with Crippen molar-refractivity contribution in [1.82, 2.24) is 0 Å². The summed E-state index contributed by atoms with van der Waals surface area (Å²) in [5, 5.41) is 0.373. The monoisotopic (exact) mass is 342 g/mol. The first-order valence-electron chi connectivity index (χ1n) is 5.41. The van der Waals surface area contributed by atoms with E-state index < -0.39 is 5.82 Å². The second kappa shape index (κ2) is 5.72. The van der Waals surface area contributed by atoms with Gasteiger partial charge in [-0.3, -0.25) is 4.79 Å². The maximum atomic E-state index is 13.8. The highest BCUT2D eigenvalue weighted by Gasteiger charge is 2.10. The molecule has 2 aromatic rings. The molecule has 5 heteroatoms. The molecule has 2 aromatic carbocycles. The molecule has 0 saturated carbocycles. The van der Waals surface area contributed by atoms with Crippen molar-refractivity contribution in [2.45, 2.75) is 6.92 Å². The molecule has 0 bridgehead atoms. The van der Waals surface area contributed by atoms with Crippen molar-refractivity contribution in [1.29, 1.82) is 0 Å². The molecule has 0 amide bonds. The van der Waals surface area contributed by atoms with Crippen molar-refractivity contribution in [2.24, 2.45) is 0 Å². The van der Waals surface area contributed by atoms with Crippen LogP contribution in [0.1, 0.15) is 17.3 Å². The lowest BCUT2D eigenvalue weighted by Gasteiger charge is -2.09. The van der Waals surface area contributed by atoms with E-state index in [4.69, 9.17) is 16.3 Å². The van der Waals surface area contributed by atoms with Crippen molar-refractivity contribution in [3.8, 4) is 11.5 Å². The first-order chi connectivity index (χ1) is 8.97. The zero-order valence-electron chi connectivity index (χ0n) is 9.91. The molecule has 2 rings (SSSR count). The molecule has 0 fully saturated rings. The molecule has 0 saturated heterocycles. The zero-order valence-corrected chi connectivity index (χ0v) is 12.3. The lowest BCUT2D eigenvalue weighted by Crippen LogP contribution is -1.95. The van der Waals surface area contributed by atoms with Crippen molar-refractivity contribution < 1.29 is 13.9 Å². The molecule has 0 aliphatic carbocycles. The van der Waals surface area contributed by atoms with Gasteiger partial charge in [0.2, 0.25) is 0 Å². The van der Waals surface area contributed by atoms with Crippen molar-refractivity contribution in [3.63, 3.8) is 0 Å². The first kappa shape index (κ1) is 14.0. The molecular weight excluding hydrogens is 335 g/mol. The lowest BCUT2D eigenvalue weighted by molar-refractivity contribution is 0.101. The smallest absolute Gasteiger partial charge is 0.166 e. The number of rotatable bonds is 3. The third-order valence-electron chi connectivity index (χ3n) is 2.45. The number of halogens is 3. The van der Waals surface area contributed by atoms with E-state index in [9.17, 15) is 9.18 Å². The summed E-state index contributed by atoms with van der Waals surface area (Å²) in [5.74, 6) is -0.454. The van der Waals surface area contributed by atoms with Gasteiger partial charge in [-0.2, -0.15) is 0 Å². The second-order valence-corrected chi connectivity index (χ2v) is 5.20. The fourth-order valence-electron chi connectivity index (χ4n) is 1.48. The summed E-state index contributed by atoms with van der Waals surface area (Å²) in [6, 6.07) is 9.09. The predicted molar refractivity (Wildman–Crippen MR) is 75.6 cm³/mol. The molecule has 0 aliphatic heterocycles. The van der Waals surface area contributed by atoms with E-state index in [1.54, 1.807) is 18.2 Å². The van der Waals surface area contributed by atoms with Crippen LogP contribution in [0.15, 0.2) is 40.9 Å². The SMILES string of the molecule is CC(=O)c1ccc(Oc2cc(Br)ccc2Cl)c(F)c1. The number of carbonyl (C=O) groups excluding carboxylic acids is 1. The average Bonchev–Trinajstić information content (AvgIpc) is 2.36. The van der Waals surface area contributed by atoms with Gasteiger partial charge in [0.1, 0.15) is 5.75 Å². The molecule has 0 aliphatic rings. The largest absolute Gasteiger partial charge is 0.453 e. The van der Waals surface area contributed by atoms with Gasteiger partial charge in [-0.25, -0.2) is 4.39 Å². The average molecular weight is 344 g/mol. The quantitative estimate of drug-likeness (QED) is 0.713. The van der Waals surface area contributed by atoms with Crippen molar-refractivity contribution in [2.75, 3.05) is 0 Å². The maximum absolute atomic E-state index is 13.8. The summed E-state index contributed by atoms with van der Waals surface area (Å²) in [7, 11) is 0. The minimum Gasteiger partial charge on any atom is -0.453 e. The summed E-state index contributed by atoms with van der Waals surface area (Å²) >= 11 is 9.24. The Labute approximate surface area is 123 Å². The first-order valence-corrected chi connectivity index (χ1v) is 6.58. The van der Waals surface area contributed by atoms with Crippen LogP contribution in [0.2, 0.25) is 5.02 Å². The van der Waals surface area contributed by atoms with Crippen LogP contribution in [0.25, 0.3) is 0 Å². The Kier molecular flexibility index (Phi) is 4.22. The highest BCUT2D eigenvalue weighted by atomic mass is 79.9. The number of carbonyl (C=O) groups is 1. The van der Waals surface area contributed by atoms with Crippen LogP contribution in [-0.2, 0) is 0 Å². The molecule has 19 heavy (non-hydrogen) atoms. The number of ether oxygens (including phenoxy) is 1. The molecule has 0 spiro atoms. The minimum absolute atomic E-state index is 0.0185. The van der Waals surface area contributed by atoms with Gasteiger partial charge in [0, 0.05) is 10.0 Å². The Morgan fingerprint density at radius 2 is 1.95 bits per heavy atom. The van der Waals surface area contributed by atoms with Gasteiger partial charge < -0.3 is 4.74 Å². The van der Waals surface area contributed by atoms with Gasteiger partial charge in [-0.15, -0.1) is 0 Å². The Morgan fingerprint density at radius 1 is 1.21 bits per heavy atom. The normalized spacial score (nSPS) is 10.3. The summed E-state index contributed by atoms with van der Waals surface area (Å²) in [6.07, 6.45) is 0. The topological polar surface area (TPSA) is 26.3 Å². The molecule has 0 radical (unpaired) electrons. The molecule has 0 N–H and O–H groups in total. The van der Waals surface area contributed by atoms with Crippen molar-refractivity contribution in [3.05, 3.63) is 57.3 Å². The van der Waals surface area contributed by atoms with Crippen LogP contribution < -0.4 is 4.74 Å². The zero-order chi connectivity index (χ0) is 14.0. The van der Waals surface area contributed by atoms with E-state index in [2.05, 4.69) is 15.9 Å². The summed E-state index contributed by atoms with van der Waals surface area (Å²) < 4.78 is 20.0. The van der Waals surface area contributed by atoms with E-state index in [1.807, 2.05) is 0 Å². The number of benzene rings is 2. The number of hydrogen-bond acceptors (Lipinski definition) is 2. The van der Waals surface area contributed by atoms with Gasteiger partial charge in [0.05, 0.1) is 5.02 Å². The highest BCUT2D eigenvalue weighted by Crippen LogP contribution is 2.33. The molecule has 98 valence electrons. The Bertz CT molecular complexity index is 643. The van der Waals surface area contributed by atoms with Crippen molar-refractivity contribution >= 4 is 33.3 Å². The molecule has 0 unspecified atom stereocenters. The summed E-state index contributed by atoms with van der Waals surface area (Å²) in [6.45, 7) is 1.38. The third kappa shape index (κ3) is 3.33.